The van der Waals surface area contributed by atoms with Crippen molar-refractivity contribution in [3.8, 4) is 0 Å². The zero-order valence-corrected chi connectivity index (χ0v) is 12.4. The van der Waals surface area contributed by atoms with Gasteiger partial charge in [0.05, 0.1) is 12.0 Å². The van der Waals surface area contributed by atoms with E-state index in [9.17, 15) is 9.59 Å². The Morgan fingerprint density at radius 1 is 1.29 bits per heavy atom. The van der Waals surface area contributed by atoms with Crippen LogP contribution in [-0.2, 0) is 11.3 Å². The Kier molecular flexibility index (Phi) is 4.15. The summed E-state index contributed by atoms with van der Waals surface area (Å²) in [4.78, 5) is 23.1. The zero-order valence-electron chi connectivity index (χ0n) is 12.4. The quantitative estimate of drug-likeness (QED) is 0.839. The van der Waals surface area contributed by atoms with Crippen molar-refractivity contribution >= 4 is 23.1 Å². The minimum absolute atomic E-state index is 0.121. The number of aromatic nitrogens is 2. The van der Waals surface area contributed by atoms with E-state index in [0.717, 1.165) is 17.6 Å². The van der Waals surface area contributed by atoms with Gasteiger partial charge in [0.15, 0.2) is 5.76 Å². The average Bonchev–Trinajstić information content (AvgIpc) is 2.94. The van der Waals surface area contributed by atoms with Crippen LogP contribution in [0.5, 0.6) is 0 Å². The summed E-state index contributed by atoms with van der Waals surface area (Å²) in [6.07, 6.45) is -0.729. The number of carbonyl (C=O) groups excluding carboxylic acids is 2. The highest BCUT2D eigenvalue weighted by Crippen LogP contribution is 2.27. The Labute approximate surface area is 121 Å². The van der Waals surface area contributed by atoms with Crippen LogP contribution < -0.4 is 10.9 Å². The molecule has 0 aromatic carbocycles. The number of amides is 2. The molecule has 0 unspecified atom stereocenters. The molecule has 0 atom stereocenters. The van der Waals surface area contributed by atoms with E-state index in [1.165, 1.54) is 0 Å². The molecule has 2 aromatic rings. The highest BCUT2D eigenvalue weighted by molar-refractivity contribution is 5.99. The predicted molar refractivity (Wildman–Crippen MR) is 74.8 cm³/mol. The summed E-state index contributed by atoms with van der Waals surface area (Å²) in [7, 11) is 0. The summed E-state index contributed by atoms with van der Waals surface area (Å²) in [6, 6.07) is 0. The number of hydrogen-bond donors (Lipinski definition) is 2. The van der Waals surface area contributed by atoms with Gasteiger partial charge in [-0.15, -0.1) is 5.10 Å². The van der Waals surface area contributed by atoms with Crippen LogP contribution in [0.1, 0.15) is 35.7 Å². The van der Waals surface area contributed by atoms with Gasteiger partial charge in [-0.2, -0.15) is 0 Å². The maximum Gasteiger partial charge on any atom is 0.426 e. The van der Waals surface area contributed by atoms with E-state index in [1.807, 2.05) is 13.8 Å². The van der Waals surface area contributed by atoms with Gasteiger partial charge in [-0.25, -0.2) is 10.2 Å². The van der Waals surface area contributed by atoms with Gasteiger partial charge in [0.2, 0.25) is 5.71 Å². The van der Waals surface area contributed by atoms with Gasteiger partial charge in [-0.1, -0.05) is 0 Å². The van der Waals surface area contributed by atoms with Gasteiger partial charge in [-0.3, -0.25) is 14.9 Å². The number of nitrogens with zero attached hydrogens (tertiary/aromatic N) is 2. The molecule has 0 saturated heterocycles. The van der Waals surface area contributed by atoms with E-state index < -0.39 is 12.0 Å². The molecular weight excluding hydrogens is 276 g/mol. The Bertz CT molecular complexity index is 686. The first-order valence-electron chi connectivity index (χ1n) is 6.69. The Balaban J connectivity index is 2.20. The molecule has 2 heterocycles. The van der Waals surface area contributed by atoms with Crippen LogP contribution in [0.4, 0.5) is 4.79 Å². The summed E-state index contributed by atoms with van der Waals surface area (Å²) in [5.41, 5.74) is 6.40. The van der Waals surface area contributed by atoms with Crippen LogP contribution in [0.25, 0.3) is 11.1 Å². The number of fused-ring (bicyclic) bond motifs is 1. The van der Waals surface area contributed by atoms with Gasteiger partial charge in [0, 0.05) is 17.8 Å². The second-order valence-corrected chi connectivity index (χ2v) is 4.44. The van der Waals surface area contributed by atoms with Crippen LogP contribution in [0.3, 0.4) is 0 Å². The smallest absolute Gasteiger partial charge is 0.426 e. The number of hydrazine groups is 1. The van der Waals surface area contributed by atoms with Gasteiger partial charge in [0.25, 0.3) is 0 Å². The Hall–Kier alpha value is -2.51. The number of furan rings is 1. The van der Waals surface area contributed by atoms with Crippen LogP contribution in [-0.4, -0.2) is 28.4 Å². The summed E-state index contributed by atoms with van der Waals surface area (Å²) in [6.45, 7) is 8.28. The minimum Gasteiger partial charge on any atom is -0.449 e. The molecule has 0 saturated carbocycles. The maximum atomic E-state index is 12.0. The number of nitrogens with one attached hydrogen (secondary N) is 2. The molecule has 2 N–H and O–H groups in total. The average molecular weight is 294 g/mol. The topological polar surface area (TPSA) is 98.4 Å². The van der Waals surface area contributed by atoms with E-state index >= 15 is 0 Å². The molecule has 8 nitrogen and oxygen atoms in total. The molecule has 2 amide bonds. The van der Waals surface area contributed by atoms with Crippen molar-refractivity contribution in [2.45, 2.75) is 34.2 Å². The summed E-state index contributed by atoms with van der Waals surface area (Å²) in [5, 5.41) is 5.09. The standard InChI is InChI=1S/C13H18N4O4/c1-5-17-8(4)9-7(3)10(21-12(9)16-17)11(18)14-15-13(19)20-6-2/h5-6H2,1-4H3,(H,14,18)(H,15,19). The lowest BCUT2D eigenvalue weighted by Crippen LogP contribution is -2.42. The molecule has 21 heavy (non-hydrogen) atoms. The highest BCUT2D eigenvalue weighted by atomic mass is 16.6. The number of aryl methyl sites for hydroxylation is 3. The molecule has 0 spiro atoms. The van der Waals surface area contributed by atoms with E-state index in [-0.39, 0.29) is 12.4 Å². The SMILES string of the molecule is CCOC(=O)NNC(=O)c1oc2nn(CC)c(C)c2c1C. The lowest BCUT2D eigenvalue weighted by molar-refractivity contribution is 0.0886. The van der Waals surface area contributed by atoms with Crippen LogP contribution >= 0.6 is 0 Å². The van der Waals surface area contributed by atoms with Gasteiger partial charge in [0.1, 0.15) is 0 Å². The van der Waals surface area contributed by atoms with Gasteiger partial charge in [-0.05, 0) is 27.7 Å². The third-order valence-corrected chi connectivity index (χ3v) is 3.15. The molecule has 8 heteroatoms. The first-order valence-corrected chi connectivity index (χ1v) is 6.69. The number of hydrogen-bond acceptors (Lipinski definition) is 5. The molecule has 0 radical (unpaired) electrons. The number of rotatable bonds is 3. The van der Waals surface area contributed by atoms with Crippen molar-refractivity contribution < 1.29 is 18.7 Å². The second-order valence-electron chi connectivity index (χ2n) is 4.44. The fourth-order valence-electron chi connectivity index (χ4n) is 2.16. The molecule has 0 aliphatic carbocycles. The van der Waals surface area contributed by atoms with Crippen molar-refractivity contribution in [2.75, 3.05) is 6.61 Å². The van der Waals surface area contributed by atoms with Crippen molar-refractivity contribution in [3.05, 3.63) is 17.0 Å². The van der Waals surface area contributed by atoms with Crippen molar-refractivity contribution in [2.24, 2.45) is 0 Å². The molecule has 114 valence electrons. The number of ether oxygens (including phenoxy) is 1. The first kappa shape index (κ1) is 14.9. The Morgan fingerprint density at radius 3 is 2.57 bits per heavy atom. The van der Waals surface area contributed by atoms with Crippen LogP contribution in [0.2, 0.25) is 0 Å². The lowest BCUT2D eigenvalue weighted by atomic mass is 10.2. The lowest BCUT2D eigenvalue weighted by Gasteiger charge is -2.06. The van der Waals surface area contributed by atoms with Crippen molar-refractivity contribution in [1.82, 2.24) is 20.6 Å². The number of carbonyl (C=O) groups is 2. The molecule has 2 aromatic heterocycles. The van der Waals surface area contributed by atoms with E-state index in [0.29, 0.717) is 11.3 Å². The maximum absolute atomic E-state index is 12.0. The van der Waals surface area contributed by atoms with Gasteiger partial charge < -0.3 is 9.15 Å². The summed E-state index contributed by atoms with van der Waals surface area (Å²) >= 11 is 0. The summed E-state index contributed by atoms with van der Waals surface area (Å²) in [5.74, 6) is -0.434. The zero-order chi connectivity index (χ0) is 15.6. The normalized spacial score (nSPS) is 10.7. The van der Waals surface area contributed by atoms with Crippen LogP contribution in [0, 0.1) is 13.8 Å². The second kappa shape index (κ2) is 5.86. The van der Waals surface area contributed by atoms with E-state index in [2.05, 4.69) is 20.7 Å². The van der Waals surface area contributed by atoms with E-state index in [1.54, 1.807) is 18.5 Å². The first-order chi connectivity index (χ1) is 9.99. The minimum atomic E-state index is -0.729. The van der Waals surface area contributed by atoms with Gasteiger partial charge >= 0.3 is 12.0 Å². The largest absolute Gasteiger partial charge is 0.449 e. The van der Waals surface area contributed by atoms with Crippen LogP contribution in [0.15, 0.2) is 4.42 Å². The molecule has 2 rings (SSSR count). The van der Waals surface area contributed by atoms with Crippen molar-refractivity contribution in [3.63, 3.8) is 0 Å². The molecule has 0 fully saturated rings. The van der Waals surface area contributed by atoms with Crippen molar-refractivity contribution in [1.29, 1.82) is 0 Å². The molecular formula is C13H18N4O4. The monoisotopic (exact) mass is 294 g/mol. The summed E-state index contributed by atoms with van der Waals surface area (Å²) < 4.78 is 11.9. The Morgan fingerprint density at radius 2 is 2.00 bits per heavy atom. The third kappa shape index (κ3) is 2.69. The molecule has 0 aliphatic rings. The molecule has 0 aliphatic heterocycles. The molecule has 0 bridgehead atoms. The fourth-order valence-corrected chi connectivity index (χ4v) is 2.16. The van der Waals surface area contributed by atoms with E-state index in [4.69, 9.17) is 4.42 Å². The highest BCUT2D eigenvalue weighted by Gasteiger charge is 2.22. The fraction of sp³-hybridized carbons (Fsp3) is 0.462. The predicted octanol–water partition coefficient (Wildman–Crippen LogP) is 1.66. The third-order valence-electron chi connectivity index (χ3n) is 3.15.